The van der Waals surface area contributed by atoms with Crippen molar-refractivity contribution in [1.29, 1.82) is 0 Å². The molecule has 0 fully saturated rings. The molecule has 1 heterocycles. The Kier molecular flexibility index (Phi) is 7.91. The van der Waals surface area contributed by atoms with Gasteiger partial charge in [0.15, 0.2) is 11.0 Å². The first-order chi connectivity index (χ1) is 18.0. The number of non-ortho nitro benzene ring substituents is 1. The third-order valence-corrected chi connectivity index (χ3v) is 7.01. The smallest absolute Gasteiger partial charge is 0.269 e. The third-order valence-electron chi connectivity index (χ3n) is 6.01. The predicted molar refractivity (Wildman–Crippen MR) is 145 cm³/mol. The van der Waals surface area contributed by atoms with Crippen LogP contribution in [0.2, 0.25) is 0 Å². The molecule has 0 aliphatic carbocycles. The molecule has 1 aromatic heterocycles. The van der Waals surface area contributed by atoms with Crippen molar-refractivity contribution in [2.45, 2.75) is 50.1 Å². The molecule has 0 radical (unpaired) electrons. The number of thioether (sulfide) groups is 1. The van der Waals surface area contributed by atoms with E-state index in [9.17, 15) is 19.3 Å². The van der Waals surface area contributed by atoms with Gasteiger partial charge in [-0.15, -0.1) is 10.2 Å². The van der Waals surface area contributed by atoms with Gasteiger partial charge >= 0.3 is 0 Å². The minimum Gasteiger partial charge on any atom is -0.342 e. The van der Waals surface area contributed by atoms with E-state index in [4.69, 9.17) is 0 Å². The Hall–Kier alpha value is -4.05. The first-order valence-electron chi connectivity index (χ1n) is 12.0. The summed E-state index contributed by atoms with van der Waals surface area (Å²) in [6.07, 6.45) is 0. The zero-order valence-electron chi connectivity index (χ0n) is 21.5. The number of amides is 1. The van der Waals surface area contributed by atoms with Crippen LogP contribution < -0.4 is 5.32 Å². The number of nitrogens with one attached hydrogen (secondary N) is 1. The van der Waals surface area contributed by atoms with Gasteiger partial charge in [0.25, 0.3) is 11.6 Å². The minimum absolute atomic E-state index is 0.0224. The molecule has 1 unspecified atom stereocenters. The number of hydrogen-bond acceptors (Lipinski definition) is 6. The van der Waals surface area contributed by atoms with Crippen molar-refractivity contribution < 1.29 is 14.1 Å². The molecule has 0 saturated carbocycles. The van der Waals surface area contributed by atoms with Crippen LogP contribution in [0.5, 0.6) is 0 Å². The molecule has 10 heteroatoms. The van der Waals surface area contributed by atoms with Crippen molar-refractivity contribution in [3.8, 4) is 5.69 Å². The summed E-state index contributed by atoms with van der Waals surface area (Å²) in [4.78, 5) is 23.7. The van der Waals surface area contributed by atoms with Crippen LogP contribution in [-0.4, -0.2) is 25.6 Å². The zero-order valence-corrected chi connectivity index (χ0v) is 22.3. The van der Waals surface area contributed by atoms with Gasteiger partial charge in [0.1, 0.15) is 5.82 Å². The fraction of sp³-hybridized carbons (Fsp3) is 0.250. The highest BCUT2D eigenvalue weighted by Gasteiger charge is 2.23. The van der Waals surface area contributed by atoms with Crippen LogP contribution in [0.25, 0.3) is 5.69 Å². The van der Waals surface area contributed by atoms with Crippen molar-refractivity contribution in [1.82, 2.24) is 20.1 Å². The van der Waals surface area contributed by atoms with Gasteiger partial charge in [-0.3, -0.25) is 19.5 Å². The topological polar surface area (TPSA) is 103 Å². The molecule has 8 nitrogen and oxygen atoms in total. The molecule has 3 aromatic carbocycles. The first-order valence-corrected chi connectivity index (χ1v) is 13.0. The number of nitro benzene ring substituents is 1. The predicted octanol–water partition coefficient (Wildman–Crippen LogP) is 6.40. The lowest BCUT2D eigenvalue weighted by molar-refractivity contribution is -0.384. The fourth-order valence-electron chi connectivity index (χ4n) is 3.82. The summed E-state index contributed by atoms with van der Waals surface area (Å²) in [5.74, 6) is 0.413. The summed E-state index contributed by atoms with van der Waals surface area (Å²) in [7, 11) is 0. The van der Waals surface area contributed by atoms with E-state index < -0.39 is 11.0 Å². The second-order valence-corrected chi connectivity index (χ2v) is 10.8. The van der Waals surface area contributed by atoms with Gasteiger partial charge in [-0.05, 0) is 59.9 Å². The summed E-state index contributed by atoms with van der Waals surface area (Å²) >= 11 is 1.39. The number of aromatic nitrogens is 3. The monoisotopic (exact) mass is 533 g/mol. The zero-order chi connectivity index (χ0) is 27.4. The third kappa shape index (κ3) is 6.25. The van der Waals surface area contributed by atoms with Crippen LogP contribution in [0, 0.1) is 15.9 Å². The van der Waals surface area contributed by atoms with Crippen LogP contribution >= 0.6 is 11.8 Å². The maximum Gasteiger partial charge on any atom is 0.269 e. The van der Waals surface area contributed by atoms with E-state index in [2.05, 4.69) is 36.3 Å². The molecule has 0 spiro atoms. The molecule has 0 saturated heterocycles. The number of nitro groups is 1. The summed E-state index contributed by atoms with van der Waals surface area (Å²) in [5, 5.41) is 23.4. The fourth-order valence-corrected chi connectivity index (χ4v) is 4.73. The molecule has 38 heavy (non-hydrogen) atoms. The summed E-state index contributed by atoms with van der Waals surface area (Å²) in [6, 6.07) is 19.2. The number of hydrogen-bond donors (Lipinski definition) is 1. The highest BCUT2D eigenvalue weighted by Crippen LogP contribution is 2.29. The van der Waals surface area contributed by atoms with Gasteiger partial charge in [-0.25, -0.2) is 4.39 Å². The SMILES string of the molecule is CC(NC(=O)c1ccc(C(C)(C)C)cc1)c1nnc(SCc2ccc(F)cc2)n1-c1ccc([N+](=O)[O-])cc1. The average Bonchev–Trinajstić information content (AvgIpc) is 3.32. The van der Waals surface area contributed by atoms with E-state index in [1.54, 1.807) is 41.0 Å². The van der Waals surface area contributed by atoms with Crippen molar-refractivity contribution in [3.63, 3.8) is 0 Å². The van der Waals surface area contributed by atoms with Crippen molar-refractivity contribution >= 4 is 23.4 Å². The standard InChI is InChI=1S/C28H28FN5O3S/c1-18(30-26(35)20-7-9-21(10-8-20)28(2,3)4)25-31-32-27(38-17-19-5-11-22(29)12-6-19)33(25)23-13-15-24(16-14-23)34(36)37/h5-16,18H,17H2,1-4H3,(H,30,35). The number of halogens is 1. The van der Waals surface area contributed by atoms with E-state index in [-0.39, 0.29) is 22.8 Å². The molecule has 0 aliphatic rings. The van der Waals surface area contributed by atoms with Gasteiger partial charge < -0.3 is 5.32 Å². The number of benzene rings is 3. The normalized spacial score (nSPS) is 12.2. The quantitative estimate of drug-likeness (QED) is 0.160. The van der Waals surface area contributed by atoms with Crippen molar-refractivity contribution in [2.24, 2.45) is 0 Å². The van der Waals surface area contributed by atoms with Gasteiger partial charge in [0.05, 0.1) is 11.0 Å². The van der Waals surface area contributed by atoms with Crippen LogP contribution in [0.1, 0.15) is 61.0 Å². The Morgan fingerprint density at radius 2 is 1.66 bits per heavy atom. The number of nitrogens with zero attached hydrogens (tertiary/aromatic N) is 4. The Morgan fingerprint density at radius 3 is 2.24 bits per heavy atom. The largest absolute Gasteiger partial charge is 0.342 e. The van der Waals surface area contributed by atoms with Gasteiger partial charge in [-0.2, -0.15) is 0 Å². The molecule has 0 aliphatic heterocycles. The van der Waals surface area contributed by atoms with Crippen LogP contribution in [0.15, 0.2) is 78.0 Å². The van der Waals surface area contributed by atoms with Crippen LogP contribution in [0.3, 0.4) is 0 Å². The Labute approximate surface area is 224 Å². The Balaban J connectivity index is 1.61. The lowest BCUT2D eigenvalue weighted by Crippen LogP contribution is -2.28. The van der Waals surface area contributed by atoms with Gasteiger partial charge in [-0.1, -0.05) is 56.8 Å². The molecule has 1 atom stereocenters. The summed E-state index contributed by atoms with van der Waals surface area (Å²) in [6.45, 7) is 8.14. The lowest BCUT2D eigenvalue weighted by Gasteiger charge is -2.19. The van der Waals surface area contributed by atoms with E-state index >= 15 is 0 Å². The van der Waals surface area contributed by atoms with E-state index in [0.29, 0.717) is 28.0 Å². The molecule has 1 amide bonds. The van der Waals surface area contributed by atoms with Crippen LogP contribution in [0.4, 0.5) is 10.1 Å². The second kappa shape index (κ2) is 11.1. The van der Waals surface area contributed by atoms with E-state index in [0.717, 1.165) is 11.1 Å². The maximum atomic E-state index is 13.3. The molecular weight excluding hydrogens is 505 g/mol. The van der Waals surface area contributed by atoms with Gasteiger partial charge in [0, 0.05) is 29.1 Å². The highest BCUT2D eigenvalue weighted by atomic mass is 32.2. The second-order valence-electron chi connectivity index (χ2n) is 9.89. The molecule has 0 bridgehead atoms. The molecule has 1 N–H and O–H groups in total. The van der Waals surface area contributed by atoms with E-state index in [1.165, 1.54) is 36.0 Å². The summed E-state index contributed by atoms with van der Waals surface area (Å²) < 4.78 is 15.1. The summed E-state index contributed by atoms with van der Waals surface area (Å²) in [5.41, 5.74) is 3.11. The van der Waals surface area contributed by atoms with E-state index in [1.807, 2.05) is 19.1 Å². The lowest BCUT2D eigenvalue weighted by atomic mass is 9.86. The average molecular weight is 534 g/mol. The minimum atomic E-state index is -0.521. The van der Waals surface area contributed by atoms with Gasteiger partial charge in [0.2, 0.25) is 0 Å². The molecular formula is C28H28FN5O3S. The highest BCUT2D eigenvalue weighted by molar-refractivity contribution is 7.98. The Morgan fingerprint density at radius 1 is 1.03 bits per heavy atom. The molecule has 196 valence electrons. The van der Waals surface area contributed by atoms with Crippen LogP contribution in [-0.2, 0) is 11.2 Å². The number of rotatable bonds is 8. The van der Waals surface area contributed by atoms with Crippen molar-refractivity contribution in [2.75, 3.05) is 0 Å². The molecule has 4 aromatic rings. The van der Waals surface area contributed by atoms with Crippen molar-refractivity contribution in [3.05, 3.63) is 111 Å². The molecule has 4 rings (SSSR count). The number of carbonyl (C=O) groups excluding carboxylic acids is 1. The Bertz CT molecular complexity index is 1430. The first kappa shape index (κ1) is 27.0. The maximum absolute atomic E-state index is 13.3. The number of carbonyl (C=O) groups is 1.